The van der Waals surface area contributed by atoms with Crippen LogP contribution in [0.15, 0.2) is 17.5 Å². The second kappa shape index (κ2) is 6.85. The molecule has 5 nitrogen and oxygen atoms in total. The van der Waals surface area contributed by atoms with Crippen LogP contribution >= 0.6 is 11.3 Å². The Balaban J connectivity index is 1.87. The summed E-state index contributed by atoms with van der Waals surface area (Å²) in [6.45, 7) is 6.76. The molecule has 1 aliphatic heterocycles. The van der Waals surface area contributed by atoms with Crippen molar-refractivity contribution in [3.8, 4) is 0 Å². The number of piperazine rings is 1. The number of ether oxygens (including phenoxy) is 1. The predicted octanol–water partition coefficient (Wildman–Crippen LogP) is 2.09. The maximum Gasteiger partial charge on any atom is 0.409 e. The van der Waals surface area contributed by atoms with Crippen LogP contribution in [-0.2, 0) is 4.74 Å². The lowest BCUT2D eigenvalue weighted by Crippen LogP contribution is -2.53. The van der Waals surface area contributed by atoms with Crippen molar-refractivity contribution >= 4 is 23.2 Å². The number of carbonyl (C=O) groups is 2. The zero-order valence-corrected chi connectivity index (χ0v) is 12.7. The van der Waals surface area contributed by atoms with Crippen LogP contribution in [-0.4, -0.2) is 60.5 Å². The number of carbonyl (C=O) groups excluding carboxylic acids is 2. The Morgan fingerprint density at radius 3 is 2.60 bits per heavy atom. The average molecular weight is 296 g/mol. The number of hydrogen-bond acceptors (Lipinski definition) is 5. The molecule has 0 spiro atoms. The van der Waals surface area contributed by atoms with Gasteiger partial charge in [-0.2, -0.15) is 0 Å². The van der Waals surface area contributed by atoms with Gasteiger partial charge in [-0.1, -0.05) is 6.07 Å². The highest BCUT2D eigenvalue weighted by atomic mass is 32.1. The monoisotopic (exact) mass is 296 g/mol. The van der Waals surface area contributed by atoms with Crippen LogP contribution in [0, 0.1) is 0 Å². The van der Waals surface area contributed by atoms with Crippen LogP contribution in [0.3, 0.4) is 0 Å². The molecule has 0 N–H and O–H groups in total. The highest BCUT2D eigenvalue weighted by Crippen LogP contribution is 2.16. The normalized spacial score (nSPS) is 17.8. The first-order chi connectivity index (χ1) is 9.63. The van der Waals surface area contributed by atoms with E-state index in [0.29, 0.717) is 32.8 Å². The molecule has 1 unspecified atom stereocenters. The van der Waals surface area contributed by atoms with E-state index < -0.39 is 0 Å². The zero-order chi connectivity index (χ0) is 14.5. The molecule has 1 saturated heterocycles. The van der Waals surface area contributed by atoms with Gasteiger partial charge in [-0.3, -0.25) is 9.69 Å². The van der Waals surface area contributed by atoms with Gasteiger partial charge in [-0.15, -0.1) is 11.3 Å². The fraction of sp³-hybridized carbons (Fsp3) is 0.571. The van der Waals surface area contributed by atoms with Gasteiger partial charge in [0, 0.05) is 26.2 Å². The molecule has 1 aromatic heterocycles. The number of amides is 1. The van der Waals surface area contributed by atoms with E-state index in [-0.39, 0.29) is 17.9 Å². The molecule has 0 saturated carbocycles. The van der Waals surface area contributed by atoms with Gasteiger partial charge in [0.25, 0.3) is 0 Å². The van der Waals surface area contributed by atoms with Gasteiger partial charge in [-0.25, -0.2) is 4.79 Å². The fourth-order valence-electron chi connectivity index (χ4n) is 2.30. The second-order valence-electron chi connectivity index (χ2n) is 4.74. The molecule has 0 bridgehead atoms. The summed E-state index contributed by atoms with van der Waals surface area (Å²) in [6.07, 6.45) is -0.260. The van der Waals surface area contributed by atoms with Crippen molar-refractivity contribution in [1.82, 2.24) is 9.80 Å². The highest BCUT2D eigenvalue weighted by Gasteiger charge is 2.28. The van der Waals surface area contributed by atoms with Gasteiger partial charge >= 0.3 is 6.09 Å². The largest absolute Gasteiger partial charge is 0.450 e. The molecular weight excluding hydrogens is 276 g/mol. The first kappa shape index (κ1) is 15.0. The molecular formula is C14H20N2O3S. The highest BCUT2D eigenvalue weighted by molar-refractivity contribution is 7.12. The Hall–Kier alpha value is -1.40. The van der Waals surface area contributed by atoms with Crippen molar-refractivity contribution in [2.75, 3.05) is 32.8 Å². The maximum absolute atomic E-state index is 12.3. The summed E-state index contributed by atoms with van der Waals surface area (Å²) in [4.78, 5) is 28.5. The van der Waals surface area contributed by atoms with Crippen LogP contribution in [0.5, 0.6) is 0 Å². The van der Waals surface area contributed by atoms with Crippen LogP contribution in [0.25, 0.3) is 0 Å². The molecule has 1 aliphatic rings. The molecule has 1 amide bonds. The van der Waals surface area contributed by atoms with Crippen LogP contribution in [0.1, 0.15) is 23.5 Å². The van der Waals surface area contributed by atoms with Crippen molar-refractivity contribution in [2.24, 2.45) is 0 Å². The molecule has 1 fully saturated rings. The first-order valence-corrected chi connectivity index (χ1v) is 7.75. The average Bonchev–Trinajstić information content (AvgIpc) is 3.00. The molecule has 2 rings (SSSR count). The van der Waals surface area contributed by atoms with Crippen molar-refractivity contribution in [1.29, 1.82) is 0 Å². The Labute approximate surface area is 123 Å². The lowest BCUT2D eigenvalue weighted by atomic mass is 10.1. The van der Waals surface area contributed by atoms with E-state index in [0.717, 1.165) is 4.88 Å². The minimum absolute atomic E-state index is 0.141. The van der Waals surface area contributed by atoms with Crippen molar-refractivity contribution in [3.05, 3.63) is 22.4 Å². The lowest BCUT2D eigenvalue weighted by molar-refractivity contribution is 0.0606. The van der Waals surface area contributed by atoms with E-state index in [1.807, 2.05) is 24.4 Å². The van der Waals surface area contributed by atoms with Gasteiger partial charge in [0.2, 0.25) is 0 Å². The summed E-state index contributed by atoms with van der Waals surface area (Å²) in [6, 6.07) is 3.61. The summed E-state index contributed by atoms with van der Waals surface area (Å²) in [7, 11) is 0. The van der Waals surface area contributed by atoms with Crippen molar-refractivity contribution in [3.63, 3.8) is 0 Å². The smallest absolute Gasteiger partial charge is 0.409 e. The second-order valence-corrected chi connectivity index (χ2v) is 5.69. The molecule has 2 heterocycles. The Morgan fingerprint density at radius 1 is 1.35 bits per heavy atom. The third kappa shape index (κ3) is 3.37. The summed E-state index contributed by atoms with van der Waals surface area (Å²) in [5.74, 6) is 0.157. The molecule has 0 radical (unpaired) electrons. The predicted molar refractivity (Wildman–Crippen MR) is 78.3 cm³/mol. The quantitative estimate of drug-likeness (QED) is 0.798. The number of ketones is 1. The minimum Gasteiger partial charge on any atom is -0.450 e. The van der Waals surface area contributed by atoms with Crippen molar-refractivity contribution < 1.29 is 14.3 Å². The third-order valence-corrected chi connectivity index (χ3v) is 4.42. The van der Waals surface area contributed by atoms with Gasteiger partial charge in [0.15, 0.2) is 5.78 Å². The third-order valence-electron chi connectivity index (χ3n) is 3.53. The van der Waals surface area contributed by atoms with E-state index in [4.69, 9.17) is 4.74 Å². The van der Waals surface area contributed by atoms with Crippen LogP contribution < -0.4 is 0 Å². The molecule has 0 aliphatic carbocycles. The Kier molecular flexibility index (Phi) is 5.14. The van der Waals surface area contributed by atoms with Crippen molar-refractivity contribution in [2.45, 2.75) is 19.9 Å². The lowest BCUT2D eigenvalue weighted by Gasteiger charge is -2.36. The summed E-state index contributed by atoms with van der Waals surface area (Å²) < 4.78 is 4.99. The number of nitrogens with zero attached hydrogens (tertiary/aromatic N) is 2. The van der Waals surface area contributed by atoms with Crippen LogP contribution in [0.4, 0.5) is 4.79 Å². The van der Waals surface area contributed by atoms with Gasteiger partial charge < -0.3 is 9.64 Å². The maximum atomic E-state index is 12.3. The van der Waals surface area contributed by atoms with Crippen LogP contribution in [0.2, 0.25) is 0 Å². The fourth-order valence-corrected chi connectivity index (χ4v) is 3.04. The van der Waals surface area contributed by atoms with E-state index in [1.165, 1.54) is 11.3 Å². The van der Waals surface area contributed by atoms with E-state index in [2.05, 4.69) is 4.90 Å². The van der Waals surface area contributed by atoms with Gasteiger partial charge in [0.1, 0.15) is 0 Å². The number of hydrogen-bond donors (Lipinski definition) is 0. The molecule has 110 valence electrons. The number of thiophene rings is 1. The standard InChI is InChI=1S/C14H20N2O3S/c1-3-19-14(18)16-8-6-15(7-9-16)11(2)13(17)12-5-4-10-20-12/h4-5,10-11H,3,6-9H2,1-2H3. The van der Waals surface area contributed by atoms with E-state index in [1.54, 1.807) is 11.8 Å². The van der Waals surface area contributed by atoms with Gasteiger partial charge in [-0.05, 0) is 25.3 Å². The molecule has 6 heteroatoms. The molecule has 1 atom stereocenters. The molecule has 0 aromatic carbocycles. The SMILES string of the molecule is CCOC(=O)N1CCN(C(C)C(=O)c2cccs2)CC1. The zero-order valence-electron chi connectivity index (χ0n) is 11.9. The van der Waals surface area contributed by atoms with Gasteiger partial charge in [0.05, 0.1) is 17.5 Å². The number of Topliss-reactive ketones (excluding diaryl/α,β-unsaturated/α-hetero) is 1. The number of rotatable bonds is 4. The Morgan fingerprint density at radius 2 is 2.05 bits per heavy atom. The summed E-state index contributed by atoms with van der Waals surface area (Å²) >= 11 is 1.47. The minimum atomic E-state index is -0.260. The molecule has 20 heavy (non-hydrogen) atoms. The molecule has 1 aromatic rings. The van der Waals surface area contributed by atoms with E-state index in [9.17, 15) is 9.59 Å². The Bertz CT molecular complexity index is 453. The summed E-state index contributed by atoms with van der Waals surface area (Å²) in [5.41, 5.74) is 0. The first-order valence-electron chi connectivity index (χ1n) is 6.87. The summed E-state index contributed by atoms with van der Waals surface area (Å²) in [5, 5.41) is 1.92. The topological polar surface area (TPSA) is 49.9 Å². The van der Waals surface area contributed by atoms with E-state index >= 15 is 0 Å².